The Bertz CT molecular complexity index is 337. The Morgan fingerprint density at radius 1 is 1.50 bits per heavy atom. The lowest BCUT2D eigenvalue weighted by Crippen LogP contribution is -2.60. The van der Waals surface area contributed by atoms with Crippen molar-refractivity contribution in [3.63, 3.8) is 0 Å². The molecule has 1 N–H and O–H groups in total. The number of nitrogens with zero attached hydrogens (tertiary/aromatic N) is 1. The van der Waals surface area contributed by atoms with Gasteiger partial charge in [-0.3, -0.25) is 9.59 Å². The van der Waals surface area contributed by atoms with Crippen LogP contribution in [0.4, 0.5) is 0 Å². The van der Waals surface area contributed by atoms with Gasteiger partial charge in [-0.15, -0.1) is 0 Å². The molecule has 18 heavy (non-hydrogen) atoms. The highest BCUT2D eigenvalue weighted by Crippen LogP contribution is 2.26. The smallest absolute Gasteiger partial charge is 0.245 e. The van der Waals surface area contributed by atoms with Gasteiger partial charge in [-0.2, -0.15) is 0 Å². The van der Waals surface area contributed by atoms with Crippen molar-refractivity contribution in [2.75, 3.05) is 19.7 Å². The SMILES string of the molecule is CCCC1NC(=O)CN(CC2(C)CCCO2)C1=O. The van der Waals surface area contributed by atoms with E-state index in [1.54, 1.807) is 4.90 Å². The molecule has 2 fully saturated rings. The highest BCUT2D eigenvalue weighted by molar-refractivity contribution is 5.94. The second kappa shape index (κ2) is 5.26. The molecular weight excluding hydrogens is 232 g/mol. The molecule has 2 aliphatic rings. The molecule has 2 heterocycles. The number of amides is 2. The molecule has 2 aliphatic heterocycles. The van der Waals surface area contributed by atoms with E-state index in [1.807, 2.05) is 13.8 Å². The third-order valence-electron chi connectivity index (χ3n) is 3.68. The van der Waals surface area contributed by atoms with Crippen LogP contribution >= 0.6 is 0 Å². The van der Waals surface area contributed by atoms with Gasteiger partial charge in [-0.25, -0.2) is 0 Å². The zero-order chi connectivity index (χ0) is 13.2. The van der Waals surface area contributed by atoms with E-state index in [9.17, 15) is 9.59 Å². The van der Waals surface area contributed by atoms with Gasteiger partial charge in [-0.05, 0) is 26.2 Å². The number of nitrogens with one attached hydrogen (secondary N) is 1. The molecular formula is C13H22N2O3. The summed E-state index contributed by atoms with van der Waals surface area (Å²) in [6.07, 6.45) is 3.58. The standard InChI is InChI=1S/C13H22N2O3/c1-3-5-10-12(17)15(8-11(16)14-10)9-13(2)6-4-7-18-13/h10H,3-9H2,1-2H3,(H,14,16). The summed E-state index contributed by atoms with van der Waals surface area (Å²) in [5.41, 5.74) is -0.274. The lowest BCUT2D eigenvalue weighted by Gasteiger charge is -2.37. The molecule has 0 radical (unpaired) electrons. The zero-order valence-corrected chi connectivity index (χ0v) is 11.2. The summed E-state index contributed by atoms with van der Waals surface area (Å²) in [6, 6.07) is -0.346. The lowest BCUT2D eigenvalue weighted by atomic mass is 10.00. The van der Waals surface area contributed by atoms with E-state index in [0.717, 1.165) is 25.9 Å². The molecule has 5 heteroatoms. The highest BCUT2D eigenvalue weighted by Gasteiger charge is 2.38. The topological polar surface area (TPSA) is 58.6 Å². The lowest BCUT2D eigenvalue weighted by molar-refractivity contribution is -0.147. The fraction of sp³-hybridized carbons (Fsp3) is 0.846. The molecule has 2 amide bonds. The zero-order valence-electron chi connectivity index (χ0n) is 11.2. The van der Waals surface area contributed by atoms with Crippen LogP contribution in [-0.4, -0.2) is 48.1 Å². The average Bonchev–Trinajstić information content (AvgIpc) is 2.72. The minimum absolute atomic E-state index is 0.0353. The maximum absolute atomic E-state index is 12.2. The summed E-state index contributed by atoms with van der Waals surface area (Å²) in [5, 5.41) is 2.76. The van der Waals surface area contributed by atoms with Gasteiger partial charge in [0, 0.05) is 6.61 Å². The fourth-order valence-electron chi connectivity index (χ4n) is 2.76. The van der Waals surface area contributed by atoms with Crippen molar-refractivity contribution >= 4 is 11.8 Å². The molecule has 102 valence electrons. The summed E-state index contributed by atoms with van der Waals surface area (Å²) < 4.78 is 5.70. The number of piperazine rings is 1. The first-order valence-electron chi connectivity index (χ1n) is 6.76. The minimum Gasteiger partial charge on any atom is -0.373 e. The summed E-state index contributed by atoms with van der Waals surface area (Å²) in [7, 11) is 0. The quantitative estimate of drug-likeness (QED) is 0.802. The fourth-order valence-corrected chi connectivity index (χ4v) is 2.76. The molecule has 2 atom stereocenters. The van der Waals surface area contributed by atoms with E-state index in [2.05, 4.69) is 5.32 Å². The number of hydrogen-bond acceptors (Lipinski definition) is 3. The van der Waals surface area contributed by atoms with Crippen molar-refractivity contribution < 1.29 is 14.3 Å². The van der Waals surface area contributed by atoms with Crippen molar-refractivity contribution in [2.45, 2.75) is 51.2 Å². The van der Waals surface area contributed by atoms with Gasteiger partial charge in [0.2, 0.25) is 11.8 Å². The van der Waals surface area contributed by atoms with Crippen LogP contribution in [0.5, 0.6) is 0 Å². The number of carbonyl (C=O) groups is 2. The van der Waals surface area contributed by atoms with Crippen molar-refractivity contribution in [3.8, 4) is 0 Å². The Labute approximate surface area is 108 Å². The van der Waals surface area contributed by atoms with E-state index in [0.29, 0.717) is 13.0 Å². The van der Waals surface area contributed by atoms with Crippen molar-refractivity contribution in [1.82, 2.24) is 10.2 Å². The van der Waals surface area contributed by atoms with E-state index < -0.39 is 0 Å². The van der Waals surface area contributed by atoms with E-state index in [4.69, 9.17) is 4.74 Å². The molecule has 0 aromatic heterocycles. The molecule has 0 aromatic carbocycles. The van der Waals surface area contributed by atoms with Crippen molar-refractivity contribution in [3.05, 3.63) is 0 Å². The number of rotatable bonds is 4. The van der Waals surface area contributed by atoms with Gasteiger partial charge < -0.3 is 15.0 Å². The predicted molar refractivity (Wildman–Crippen MR) is 67.0 cm³/mol. The average molecular weight is 254 g/mol. The second-order valence-corrected chi connectivity index (χ2v) is 5.50. The molecule has 0 aromatic rings. The second-order valence-electron chi connectivity index (χ2n) is 5.50. The third kappa shape index (κ3) is 2.83. The molecule has 2 saturated heterocycles. The van der Waals surface area contributed by atoms with Gasteiger partial charge >= 0.3 is 0 Å². The van der Waals surface area contributed by atoms with Gasteiger partial charge in [0.25, 0.3) is 0 Å². The Balaban J connectivity index is 2.02. The molecule has 0 bridgehead atoms. The highest BCUT2D eigenvalue weighted by atomic mass is 16.5. The van der Waals surface area contributed by atoms with Gasteiger partial charge in [0.05, 0.1) is 18.7 Å². The van der Waals surface area contributed by atoms with Crippen LogP contribution in [0.25, 0.3) is 0 Å². The Kier molecular flexibility index (Phi) is 3.90. The monoisotopic (exact) mass is 254 g/mol. The first-order valence-corrected chi connectivity index (χ1v) is 6.76. The van der Waals surface area contributed by atoms with E-state index in [-0.39, 0.29) is 30.0 Å². The maximum atomic E-state index is 12.2. The summed E-state index contributed by atoms with van der Waals surface area (Å²) >= 11 is 0. The summed E-state index contributed by atoms with van der Waals surface area (Å²) in [4.78, 5) is 25.5. The largest absolute Gasteiger partial charge is 0.373 e. The molecule has 5 nitrogen and oxygen atoms in total. The van der Waals surface area contributed by atoms with Crippen LogP contribution in [0.3, 0.4) is 0 Å². The maximum Gasteiger partial charge on any atom is 0.245 e. The van der Waals surface area contributed by atoms with Crippen molar-refractivity contribution in [1.29, 1.82) is 0 Å². The first-order chi connectivity index (χ1) is 8.54. The Morgan fingerprint density at radius 2 is 2.28 bits per heavy atom. The number of carbonyl (C=O) groups excluding carboxylic acids is 2. The van der Waals surface area contributed by atoms with Gasteiger partial charge in [-0.1, -0.05) is 13.3 Å². The van der Waals surface area contributed by atoms with Crippen LogP contribution in [-0.2, 0) is 14.3 Å². The van der Waals surface area contributed by atoms with Gasteiger partial charge in [0.15, 0.2) is 0 Å². The normalized spacial score (nSPS) is 32.8. The van der Waals surface area contributed by atoms with Crippen LogP contribution in [0.2, 0.25) is 0 Å². The predicted octanol–water partition coefficient (Wildman–Crippen LogP) is 0.683. The van der Waals surface area contributed by atoms with Crippen LogP contribution < -0.4 is 5.32 Å². The van der Waals surface area contributed by atoms with Gasteiger partial charge in [0.1, 0.15) is 6.04 Å². The molecule has 2 rings (SSSR count). The third-order valence-corrected chi connectivity index (χ3v) is 3.68. The first kappa shape index (κ1) is 13.3. The van der Waals surface area contributed by atoms with Crippen molar-refractivity contribution in [2.24, 2.45) is 0 Å². The Hall–Kier alpha value is -1.10. The van der Waals surface area contributed by atoms with Crippen LogP contribution in [0.15, 0.2) is 0 Å². The Morgan fingerprint density at radius 3 is 2.89 bits per heavy atom. The summed E-state index contributed by atoms with van der Waals surface area (Å²) in [6.45, 7) is 5.48. The van der Waals surface area contributed by atoms with Crippen LogP contribution in [0, 0.1) is 0 Å². The van der Waals surface area contributed by atoms with E-state index >= 15 is 0 Å². The number of ether oxygens (including phenoxy) is 1. The summed E-state index contributed by atoms with van der Waals surface area (Å²) in [5.74, 6) is -0.0252. The van der Waals surface area contributed by atoms with Crippen LogP contribution in [0.1, 0.15) is 39.5 Å². The molecule has 0 aliphatic carbocycles. The molecule has 0 saturated carbocycles. The molecule has 0 spiro atoms. The number of hydrogen-bond donors (Lipinski definition) is 1. The minimum atomic E-state index is -0.346. The van der Waals surface area contributed by atoms with E-state index in [1.165, 1.54) is 0 Å². The molecule has 2 unspecified atom stereocenters.